The van der Waals surface area contributed by atoms with Crippen LogP contribution in [-0.2, 0) is 13.1 Å². The number of hydrogen-bond donors (Lipinski definition) is 0. The van der Waals surface area contributed by atoms with Crippen LogP contribution in [0.4, 0.5) is 0 Å². The van der Waals surface area contributed by atoms with Gasteiger partial charge in [0, 0.05) is 0 Å². The Bertz CT molecular complexity index is 1060. The Morgan fingerprint density at radius 2 is 1.58 bits per heavy atom. The maximum Gasteiger partial charge on any atom is 0.245 e. The molecule has 1 aromatic heterocycles. The van der Waals surface area contributed by atoms with Gasteiger partial charge in [0.25, 0.3) is 0 Å². The summed E-state index contributed by atoms with van der Waals surface area (Å²) in [7, 11) is 0. The van der Waals surface area contributed by atoms with Crippen molar-refractivity contribution in [2.24, 2.45) is 0 Å². The second-order valence-electron chi connectivity index (χ2n) is 6.16. The quantitative estimate of drug-likeness (QED) is 0.466. The molecule has 1 heterocycles. The Balaban J connectivity index is 0.00000196. The molecule has 26 heavy (non-hydrogen) atoms. The lowest BCUT2D eigenvalue weighted by Gasteiger charge is -1.99. The van der Waals surface area contributed by atoms with Crippen LogP contribution in [0.5, 0.6) is 0 Å². The summed E-state index contributed by atoms with van der Waals surface area (Å²) in [5, 5.41) is 9.11. The van der Waals surface area contributed by atoms with Crippen LogP contribution in [-0.4, -0.2) is 4.57 Å². The smallest absolute Gasteiger partial charge is 0.245 e. The number of rotatable bonds is 4. The third kappa shape index (κ3) is 3.68. The van der Waals surface area contributed by atoms with Crippen molar-refractivity contribution in [1.29, 1.82) is 5.26 Å². The Hall–Kier alpha value is -2.90. The number of aromatic nitrogens is 2. The number of benzene rings is 3. The Labute approximate surface area is 163 Å². The van der Waals surface area contributed by atoms with Crippen molar-refractivity contribution in [3.05, 3.63) is 102 Å². The molecule has 0 bridgehead atoms. The lowest BCUT2D eigenvalue weighted by molar-refractivity contribution is -0.663. The molecule has 0 unspecified atom stereocenters. The molecule has 4 heteroatoms. The fourth-order valence-corrected chi connectivity index (χ4v) is 3.21. The minimum atomic E-state index is 0. The van der Waals surface area contributed by atoms with Crippen LogP contribution in [0.25, 0.3) is 11.0 Å². The normalized spacial score (nSPS) is 10.3. The highest BCUT2D eigenvalue weighted by molar-refractivity contribution is 5.71. The summed E-state index contributed by atoms with van der Waals surface area (Å²) >= 11 is 0. The van der Waals surface area contributed by atoms with E-state index in [1.54, 1.807) is 0 Å². The molecule has 0 saturated carbocycles. The highest BCUT2D eigenvalue weighted by atomic mass is 79.9. The summed E-state index contributed by atoms with van der Waals surface area (Å²) in [5.41, 5.74) is 5.52. The zero-order chi connectivity index (χ0) is 17.1. The van der Waals surface area contributed by atoms with Gasteiger partial charge in [-0.2, -0.15) is 5.26 Å². The van der Waals surface area contributed by atoms with Crippen LogP contribution in [0.2, 0.25) is 0 Å². The van der Waals surface area contributed by atoms with E-state index in [1.807, 2.05) is 24.3 Å². The van der Waals surface area contributed by atoms with E-state index < -0.39 is 0 Å². The van der Waals surface area contributed by atoms with Crippen LogP contribution >= 0.6 is 0 Å². The van der Waals surface area contributed by atoms with E-state index in [-0.39, 0.29) is 17.0 Å². The minimum absolute atomic E-state index is 0. The topological polar surface area (TPSA) is 32.6 Å². The lowest BCUT2D eigenvalue weighted by Crippen LogP contribution is -3.00. The van der Waals surface area contributed by atoms with Gasteiger partial charge < -0.3 is 17.0 Å². The molecule has 4 aromatic rings. The molecule has 0 fully saturated rings. The van der Waals surface area contributed by atoms with E-state index in [1.165, 1.54) is 16.6 Å². The van der Waals surface area contributed by atoms with E-state index in [0.29, 0.717) is 5.56 Å². The third-order valence-corrected chi connectivity index (χ3v) is 4.38. The van der Waals surface area contributed by atoms with Gasteiger partial charge in [-0.05, 0) is 35.4 Å². The number of halogens is 1. The molecule has 0 aliphatic heterocycles. The first-order valence-electron chi connectivity index (χ1n) is 8.34. The third-order valence-electron chi connectivity index (χ3n) is 4.38. The fourth-order valence-electron chi connectivity index (χ4n) is 3.21. The van der Waals surface area contributed by atoms with Crippen molar-refractivity contribution in [3.8, 4) is 6.07 Å². The molecule has 0 aliphatic rings. The Morgan fingerprint density at radius 1 is 0.846 bits per heavy atom. The maximum atomic E-state index is 9.11. The van der Waals surface area contributed by atoms with Crippen molar-refractivity contribution in [2.45, 2.75) is 13.1 Å². The van der Waals surface area contributed by atoms with Gasteiger partial charge >= 0.3 is 0 Å². The molecule has 0 aliphatic carbocycles. The molecule has 0 spiro atoms. The standard InChI is InChI=1S/C22H18N3.BrH/c23-14-19-9-6-10-20(13-19)16-25-17-24(15-18-7-2-1-3-8-18)21-11-4-5-12-22(21)25;/h1-13,17H,15-16H2;1H/q+1;/p-1. The van der Waals surface area contributed by atoms with Crippen LogP contribution in [0.1, 0.15) is 16.7 Å². The maximum absolute atomic E-state index is 9.11. The van der Waals surface area contributed by atoms with Crippen molar-refractivity contribution < 1.29 is 21.5 Å². The first-order valence-corrected chi connectivity index (χ1v) is 8.34. The molecular weight excluding hydrogens is 386 g/mol. The van der Waals surface area contributed by atoms with Crippen molar-refractivity contribution >= 4 is 11.0 Å². The van der Waals surface area contributed by atoms with E-state index in [2.05, 4.69) is 76.1 Å². The fraction of sp³-hybridized carbons (Fsp3) is 0.0909. The molecule has 0 amide bonds. The lowest BCUT2D eigenvalue weighted by atomic mass is 10.1. The summed E-state index contributed by atoms with van der Waals surface area (Å²) < 4.78 is 4.52. The van der Waals surface area contributed by atoms with E-state index in [4.69, 9.17) is 5.26 Å². The largest absolute Gasteiger partial charge is 1.00 e. The number of nitrogens with zero attached hydrogens (tertiary/aromatic N) is 3. The van der Waals surface area contributed by atoms with Crippen molar-refractivity contribution in [3.63, 3.8) is 0 Å². The molecule has 0 radical (unpaired) electrons. The number of hydrogen-bond acceptors (Lipinski definition) is 1. The summed E-state index contributed by atoms with van der Waals surface area (Å²) in [4.78, 5) is 0. The molecule has 3 aromatic carbocycles. The highest BCUT2D eigenvalue weighted by Crippen LogP contribution is 2.14. The first-order chi connectivity index (χ1) is 12.3. The molecule has 0 N–H and O–H groups in total. The Morgan fingerprint density at radius 3 is 2.38 bits per heavy atom. The molecule has 0 saturated heterocycles. The van der Waals surface area contributed by atoms with Gasteiger partial charge in [-0.15, -0.1) is 0 Å². The van der Waals surface area contributed by atoms with E-state index in [9.17, 15) is 0 Å². The van der Waals surface area contributed by atoms with Crippen LogP contribution in [0.15, 0.2) is 85.2 Å². The summed E-state index contributed by atoms with van der Waals surface area (Å²) in [5.74, 6) is 0. The molecular formula is C22H18BrN3. The summed E-state index contributed by atoms with van der Waals surface area (Å²) in [6, 6.07) is 28.9. The zero-order valence-corrected chi connectivity index (χ0v) is 15.8. The second-order valence-corrected chi connectivity index (χ2v) is 6.16. The van der Waals surface area contributed by atoms with E-state index in [0.717, 1.165) is 18.7 Å². The predicted molar refractivity (Wildman–Crippen MR) is 97.9 cm³/mol. The number of imidazole rings is 1. The van der Waals surface area contributed by atoms with Gasteiger partial charge in [0.05, 0.1) is 11.6 Å². The first kappa shape index (κ1) is 17.9. The minimum Gasteiger partial charge on any atom is -1.00 e. The van der Waals surface area contributed by atoms with Gasteiger partial charge in [0.2, 0.25) is 6.33 Å². The van der Waals surface area contributed by atoms with Crippen LogP contribution in [0.3, 0.4) is 0 Å². The van der Waals surface area contributed by atoms with Gasteiger partial charge in [-0.25, -0.2) is 9.13 Å². The van der Waals surface area contributed by atoms with Gasteiger partial charge in [-0.1, -0.05) is 54.6 Å². The summed E-state index contributed by atoms with van der Waals surface area (Å²) in [6.07, 6.45) is 2.16. The van der Waals surface area contributed by atoms with Crippen molar-refractivity contribution in [2.75, 3.05) is 0 Å². The number of nitriles is 1. The molecule has 3 nitrogen and oxygen atoms in total. The summed E-state index contributed by atoms with van der Waals surface area (Å²) in [6.45, 7) is 1.59. The van der Waals surface area contributed by atoms with Crippen LogP contribution in [0, 0.1) is 11.3 Å². The van der Waals surface area contributed by atoms with Gasteiger partial charge in [0.15, 0.2) is 11.0 Å². The van der Waals surface area contributed by atoms with E-state index >= 15 is 0 Å². The van der Waals surface area contributed by atoms with Crippen LogP contribution < -0.4 is 21.5 Å². The number of fused-ring (bicyclic) bond motifs is 1. The Kier molecular flexibility index (Phi) is 5.50. The SMILES string of the molecule is N#Cc1cccc(C[n+]2cn(Cc3ccccc3)c3ccccc32)c1.[Br-]. The number of para-hydroxylation sites is 2. The average molecular weight is 404 g/mol. The molecule has 128 valence electrons. The molecule has 4 rings (SSSR count). The van der Waals surface area contributed by atoms with Gasteiger partial charge in [0.1, 0.15) is 13.1 Å². The monoisotopic (exact) mass is 403 g/mol. The van der Waals surface area contributed by atoms with Gasteiger partial charge in [-0.3, -0.25) is 0 Å². The predicted octanol–water partition coefficient (Wildman–Crippen LogP) is 0.901. The second kappa shape index (κ2) is 7.99. The van der Waals surface area contributed by atoms with Crippen molar-refractivity contribution in [1.82, 2.24) is 4.57 Å². The zero-order valence-electron chi connectivity index (χ0n) is 14.2. The average Bonchev–Trinajstić information content (AvgIpc) is 3.00. The molecule has 0 atom stereocenters. The highest BCUT2D eigenvalue weighted by Gasteiger charge is 2.15.